The summed E-state index contributed by atoms with van der Waals surface area (Å²) in [5.74, 6) is -2.28. The largest absolute Gasteiger partial charge is 0.488 e. The molecule has 2 N–H and O–H groups in total. The van der Waals surface area contributed by atoms with E-state index in [9.17, 15) is 24.6 Å². The molecule has 310 valence electrons. The maximum atomic E-state index is 14.3. The molecule has 4 rings (SSSR count). The van der Waals surface area contributed by atoms with E-state index in [1.54, 1.807) is 32.3 Å². The summed E-state index contributed by atoms with van der Waals surface area (Å²) in [4.78, 5) is 44.0. The molecule has 55 heavy (non-hydrogen) atoms. The van der Waals surface area contributed by atoms with E-state index >= 15 is 0 Å². The van der Waals surface area contributed by atoms with Crippen LogP contribution in [0.2, 0.25) is 0 Å². The first kappa shape index (κ1) is 45.0. The van der Waals surface area contributed by atoms with Crippen molar-refractivity contribution in [3.05, 3.63) is 48.3 Å². The van der Waals surface area contributed by atoms with Gasteiger partial charge in [0.1, 0.15) is 29.9 Å². The van der Waals surface area contributed by atoms with Crippen LogP contribution in [0.3, 0.4) is 0 Å². The molecule has 0 aromatic rings. The molecule has 0 aromatic heterocycles. The lowest BCUT2D eigenvalue weighted by molar-refractivity contribution is -0.203. The summed E-state index contributed by atoms with van der Waals surface area (Å²) in [6, 6.07) is -0.571. The third-order valence-corrected chi connectivity index (χ3v) is 12.6. The van der Waals surface area contributed by atoms with E-state index in [0.717, 1.165) is 30.4 Å². The minimum Gasteiger partial charge on any atom is -0.488 e. The van der Waals surface area contributed by atoms with Crippen LogP contribution < -0.4 is 0 Å². The van der Waals surface area contributed by atoms with Gasteiger partial charge in [-0.25, -0.2) is 0 Å². The van der Waals surface area contributed by atoms with Gasteiger partial charge in [0.2, 0.25) is 5.78 Å². The fourth-order valence-electron chi connectivity index (χ4n) is 9.44. The second-order valence-electron chi connectivity index (χ2n) is 16.8. The summed E-state index contributed by atoms with van der Waals surface area (Å²) in [6.07, 6.45) is 6.41. The molecule has 3 fully saturated rings. The Morgan fingerprint density at radius 3 is 2.31 bits per heavy atom. The average molecular weight is 772 g/mol. The number of methoxy groups -OCH3 is 3. The second-order valence-corrected chi connectivity index (χ2v) is 16.8. The average Bonchev–Trinajstić information content (AvgIpc) is 3.16. The Labute approximate surface area is 329 Å². The number of aliphatic hydroxyl groups is 2. The highest BCUT2D eigenvalue weighted by molar-refractivity contribution is 6.38. The van der Waals surface area contributed by atoms with Crippen molar-refractivity contribution in [3.8, 4) is 0 Å². The molecule has 14 atom stereocenters. The molecule has 0 spiro atoms. The van der Waals surface area contributed by atoms with Crippen molar-refractivity contribution in [2.75, 3.05) is 27.9 Å². The van der Waals surface area contributed by atoms with Gasteiger partial charge < -0.3 is 38.8 Å². The third-order valence-electron chi connectivity index (χ3n) is 12.6. The Morgan fingerprint density at radius 1 is 0.945 bits per heavy atom. The van der Waals surface area contributed by atoms with Gasteiger partial charge in [0.25, 0.3) is 5.91 Å². The number of ether oxygens (including phenoxy) is 5. The van der Waals surface area contributed by atoms with E-state index < -0.39 is 66.2 Å². The van der Waals surface area contributed by atoms with Crippen LogP contribution in [0.1, 0.15) is 98.8 Å². The highest BCUT2D eigenvalue weighted by Crippen LogP contribution is 2.37. The van der Waals surface area contributed by atoms with Crippen LogP contribution in [0.4, 0.5) is 0 Å². The fourth-order valence-corrected chi connectivity index (χ4v) is 9.44. The van der Waals surface area contributed by atoms with Crippen LogP contribution in [-0.4, -0.2) is 115 Å². The number of aliphatic hydroxyl groups excluding tert-OH is 2. The number of carbonyl (C=O) groups excluding carboxylic acids is 3. The van der Waals surface area contributed by atoms with Crippen LogP contribution in [0.25, 0.3) is 0 Å². The molecule has 4 aliphatic rings. The number of ketones is 2. The molecule has 0 aromatic carbocycles. The van der Waals surface area contributed by atoms with Crippen molar-refractivity contribution in [1.29, 1.82) is 0 Å². The molecule has 1 saturated carbocycles. The predicted molar refractivity (Wildman–Crippen MR) is 211 cm³/mol. The standard InChI is InChI=1S/C44H69NO10/c1-11-14-32-20-25(2)19-26(3)42(53-10)43-38(52-9)22-28(5)41(55-43)39(49)44(50)45-18-13-12-15-33(45)30(7)54-40(29(6)35(47)24-36(32)48)27(4)21-31-16-17-34(46)37(23-31)51-8/h11,20-21,26,28-29,31-35,37-38,40-43,46-47H,1,7,12-19,22-24H2,2-6,8-10H3/b25-20-,27-21+/t26-,28+,29+,31-,32?,33-,34+,35-,37+,38-,40?,41?,42-,43-/m1/s1. The summed E-state index contributed by atoms with van der Waals surface area (Å²) in [5.41, 5.74) is 1.83. The van der Waals surface area contributed by atoms with Crippen molar-refractivity contribution in [2.24, 2.45) is 29.6 Å². The van der Waals surface area contributed by atoms with Crippen molar-refractivity contribution in [2.45, 2.75) is 154 Å². The molecule has 11 heteroatoms. The molecular weight excluding hydrogens is 702 g/mol. The molecular formula is C44H69NO10. The van der Waals surface area contributed by atoms with Crippen LogP contribution in [-0.2, 0) is 38.1 Å². The topological polar surface area (TPSA) is 141 Å². The number of amides is 1. The Bertz CT molecular complexity index is 1410. The number of hydrogen-bond donors (Lipinski definition) is 2. The molecule has 3 unspecified atom stereocenters. The summed E-state index contributed by atoms with van der Waals surface area (Å²) < 4.78 is 30.8. The van der Waals surface area contributed by atoms with Gasteiger partial charge in [-0.2, -0.15) is 0 Å². The first-order valence-corrected chi connectivity index (χ1v) is 20.4. The summed E-state index contributed by atoms with van der Waals surface area (Å²) >= 11 is 0. The van der Waals surface area contributed by atoms with E-state index in [1.807, 2.05) is 40.7 Å². The van der Waals surface area contributed by atoms with Crippen molar-refractivity contribution in [1.82, 2.24) is 4.90 Å². The lowest BCUT2D eigenvalue weighted by atomic mass is 9.81. The van der Waals surface area contributed by atoms with Gasteiger partial charge in [-0.05, 0) is 95.0 Å². The number of allylic oxidation sites excluding steroid dienone is 4. The Morgan fingerprint density at radius 2 is 1.65 bits per heavy atom. The zero-order chi connectivity index (χ0) is 40.6. The molecule has 3 aliphatic heterocycles. The SMILES string of the molecule is C=CCC1/C=C(/C)C[C@@H](C)[C@@H](OC)[C@@H]2OC(C(=O)C(=O)N3CCCC[C@@H]3C(=C)OC(/C(C)=C/[C@H]3CC[C@H](O)[C@@H](OC)C3)[C@@H](C)[C@H](O)CC1=O)[C@@H](C)C[C@H]2OC. The monoisotopic (exact) mass is 771 g/mol. The van der Waals surface area contributed by atoms with Gasteiger partial charge in [0.15, 0.2) is 0 Å². The predicted octanol–water partition coefficient (Wildman–Crippen LogP) is 5.92. The Balaban J connectivity index is 1.76. The molecule has 1 aliphatic carbocycles. The number of nitrogens with zero attached hydrogens (tertiary/aromatic N) is 1. The Kier molecular flexibility index (Phi) is 16.9. The molecule has 2 bridgehead atoms. The molecule has 2 saturated heterocycles. The van der Waals surface area contributed by atoms with Crippen LogP contribution in [0.5, 0.6) is 0 Å². The number of Topliss-reactive ketones (excluding diaryl/α,β-unsaturated/α-hetero) is 2. The number of fused-ring (bicyclic) bond motifs is 3. The van der Waals surface area contributed by atoms with Gasteiger partial charge in [-0.15, -0.1) is 6.58 Å². The van der Waals surface area contributed by atoms with Crippen LogP contribution >= 0.6 is 0 Å². The molecule has 11 nitrogen and oxygen atoms in total. The number of piperidine rings is 1. The van der Waals surface area contributed by atoms with Crippen molar-refractivity contribution < 1.29 is 48.3 Å². The van der Waals surface area contributed by atoms with E-state index in [1.165, 1.54) is 0 Å². The fraction of sp³-hybridized carbons (Fsp3) is 0.750. The highest BCUT2D eigenvalue weighted by atomic mass is 16.6. The second kappa shape index (κ2) is 20.7. The van der Waals surface area contributed by atoms with E-state index in [2.05, 4.69) is 19.2 Å². The highest BCUT2D eigenvalue weighted by Gasteiger charge is 2.48. The quantitative estimate of drug-likeness (QED) is 0.237. The number of hydrogen-bond acceptors (Lipinski definition) is 10. The maximum Gasteiger partial charge on any atom is 0.293 e. The van der Waals surface area contributed by atoms with Crippen LogP contribution in [0.15, 0.2) is 48.3 Å². The first-order valence-electron chi connectivity index (χ1n) is 20.4. The first-order chi connectivity index (χ1) is 26.1. The lowest BCUT2D eigenvalue weighted by Crippen LogP contribution is -2.57. The normalized spacial score (nSPS) is 40.4. The zero-order valence-electron chi connectivity index (χ0n) is 34.6. The van der Waals surface area contributed by atoms with E-state index in [-0.39, 0.29) is 42.2 Å². The van der Waals surface area contributed by atoms with E-state index in [4.69, 9.17) is 23.7 Å². The van der Waals surface area contributed by atoms with Gasteiger partial charge in [0.05, 0.1) is 36.6 Å². The molecule has 3 heterocycles. The summed E-state index contributed by atoms with van der Waals surface area (Å²) in [5, 5.41) is 22.2. The minimum absolute atomic E-state index is 0.0891. The van der Waals surface area contributed by atoms with Gasteiger partial charge in [0, 0.05) is 46.1 Å². The van der Waals surface area contributed by atoms with Crippen LogP contribution in [0, 0.1) is 29.6 Å². The number of carbonyl (C=O) groups is 3. The summed E-state index contributed by atoms with van der Waals surface area (Å²) in [7, 11) is 4.85. The summed E-state index contributed by atoms with van der Waals surface area (Å²) in [6.45, 7) is 18.4. The molecule has 1 amide bonds. The number of rotatable bonds is 7. The van der Waals surface area contributed by atoms with E-state index in [0.29, 0.717) is 50.8 Å². The Hall–Kier alpha value is -2.67. The van der Waals surface area contributed by atoms with Crippen molar-refractivity contribution >= 4 is 17.5 Å². The molecule has 0 radical (unpaired) electrons. The lowest BCUT2D eigenvalue weighted by Gasteiger charge is -2.44. The third kappa shape index (κ3) is 11.0. The van der Waals surface area contributed by atoms with Gasteiger partial charge in [-0.3, -0.25) is 14.4 Å². The van der Waals surface area contributed by atoms with Crippen molar-refractivity contribution in [3.63, 3.8) is 0 Å². The maximum absolute atomic E-state index is 14.3. The minimum atomic E-state index is -1.05. The van der Waals surface area contributed by atoms with Gasteiger partial charge in [-0.1, -0.05) is 51.2 Å². The smallest absolute Gasteiger partial charge is 0.293 e. The van der Waals surface area contributed by atoms with Gasteiger partial charge >= 0.3 is 0 Å². The zero-order valence-corrected chi connectivity index (χ0v) is 34.6.